The van der Waals surface area contributed by atoms with Crippen LogP contribution < -0.4 is 16.0 Å². The van der Waals surface area contributed by atoms with Gasteiger partial charge in [-0.2, -0.15) is 0 Å². The normalized spacial score (nSPS) is 11.5. The molecule has 152 valence electrons. The van der Waals surface area contributed by atoms with Crippen molar-refractivity contribution in [3.63, 3.8) is 0 Å². The molecule has 0 heterocycles. The largest absolute Gasteiger partial charge is 0.402 e. The highest BCUT2D eigenvalue weighted by Gasteiger charge is 2.13. The molecule has 0 spiro atoms. The summed E-state index contributed by atoms with van der Waals surface area (Å²) in [4.78, 5) is 13.9. The number of unbranched alkanes of at least 4 members (excludes halogenated alkanes) is 6. The topological polar surface area (TPSA) is 58.4 Å². The molecule has 27 heavy (non-hydrogen) atoms. The zero-order valence-corrected chi connectivity index (χ0v) is 17.2. The molecule has 3 N–H and O–H groups in total. The molecule has 1 aromatic carbocycles. The third-order valence-corrected chi connectivity index (χ3v) is 4.48. The van der Waals surface area contributed by atoms with Crippen molar-refractivity contribution < 1.29 is 9.18 Å². The van der Waals surface area contributed by atoms with Crippen LogP contribution in [0, 0.1) is 5.82 Å². The van der Waals surface area contributed by atoms with Gasteiger partial charge in [0.25, 0.3) is 0 Å². The van der Waals surface area contributed by atoms with Gasteiger partial charge in [0.2, 0.25) is 5.91 Å². The second-order valence-corrected chi connectivity index (χ2v) is 7.15. The number of rotatable bonds is 13. The first-order valence-electron chi connectivity index (χ1n) is 10.3. The number of amides is 1. The SMILES string of the molecule is CCCCCCN(CCCCCC)c1ccc(NC(=O)/C=C(/C)N)cc1F. The standard InChI is InChI=1S/C22H36FN3O/c1-4-6-8-10-14-26(15-11-9-7-5-2)21-13-12-19(17-20(21)23)25-22(27)16-18(3)24/h12-13,16-17H,4-11,14-15,24H2,1-3H3,(H,25,27)/b18-16-. The number of carbonyl (C=O) groups is 1. The van der Waals surface area contributed by atoms with E-state index in [1.54, 1.807) is 19.1 Å². The number of halogens is 1. The highest BCUT2D eigenvalue weighted by molar-refractivity contribution is 5.99. The first kappa shape index (κ1) is 23.0. The third-order valence-electron chi connectivity index (χ3n) is 4.48. The van der Waals surface area contributed by atoms with Crippen LogP contribution in [0.5, 0.6) is 0 Å². The molecule has 5 heteroatoms. The predicted octanol–water partition coefficient (Wildman–Crippen LogP) is 5.59. The van der Waals surface area contributed by atoms with Gasteiger partial charge in [-0.05, 0) is 38.0 Å². The molecule has 0 aliphatic carbocycles. The van der Waals surface area contributed by atoms with Crippen molar-refractivity contribution in [1.29, 1.82) is 0 Å². The second kappa shape index (κ2) is 13.2. The van der Waals surface area contributed by atoms with Gasteiger partial charge < -0.3 is 16.0 Å². The molecule has 4 nitrogen and oxygen atoms in total. The van der Waals surface area contributed by atoms with Crippen molar-refractivity contribution in [1.82, 2.24) is 0 Å². The highest BCUT2D eigenvalue weighted by atomic mass is 19.1. The van der Waals surface area contributed by atoms with E-state index in [-0.39, 0.29) is 11.7 Å². The predicted molar refractivity (Wildman–Crippen MR) is 113 cm³/mol. The molecule has 0 aliphatic rings. The number of carbonyl (C=O) groups excluding carboxylic acids is 1. The lowest BCUT2D eigenvalue weighted by molar-refractivity contribution is -0.111. The van der Waals surface area contributed by atoms with Gasteiger partial charge in [-0.3, -0.25) is 4.79 Å². The van der Waals surface area contributed by atoms with E-state index in [2.05, 4.69) is 24.1 Å². The molecular weight excluding hydrogens is 341 g/mol. The van der Waals surface area contributed by atoms with E-state index in [0.29, 0.717) is 17.1 Å². The molecule has 0 fully saturated rings. The van der Waals surface area contributed by atoms with Gasteiger partial charge >= 0.3 is 0 Å². The molecule has 1 amide bonds. The number of hydrogen-bond acceptors (Lipinski definition) is 3. The molecule has 0 aliphatic heterocycles. The third kappa shape index (κ3) is 9.45. The molecule has 1 rings (SSSR count). The number of allylic oxidation sites excluding steroid dienone is 1. The zero-order chi connectivity index (χ0) is 20.1. The smallest absolute Gasteiger partial charge is 0.250 e. The maximum absolute atomic E-state index is 14.7. The van der Waals surface area contributed by atoms with Gasteiger partial charge in [-0.15, -0.1) is 0 Å². The Morgan fingerprint density at radius 2 is 1.67 bits per heavy atom. The molecular formula is C22H36FN3O. The molecule has 0 aromatic heterocycles. The van der Waals surface area contributed by atoms with E-state index in [1.165, 1.54) is 50.7 Å². The van der Waals surface area contributed by atoms with E-state index in [0.717, 1.165) is 25.9 Å². The van der Waals surface area contributed by atoms with Crippen LogP contribution in [0.15, 0.2) is 30.0 Å². The molecule has 0 saturated heterocycles. The summed E-state index contributed by atoms with van der Waals surface area (Å²) in [6, 6.07) is 4.91. The minimum Gasteiger partial charge on any atom is -0.402 e. The summed E-state index contributed by atoms with van der Waals surface area (Å²) < 4.78 is 14.7. The summed E-state index contributed by atoms with van der Waals surface area (Å²) in [6.07, 6.45) is 10.6. The summed E-state index contributed by atoms with van der Waals surface area (Å²) >= 11 is 0. The van der Waals surface area contributed by atoms with Crippen molar-refractivity contribution in [2.45, 2.75) is 72.1 Å². The maximum atomic E-state index is 14.7. The Balaban J connectivity index is 2.79. The number of anilines is 2. The van der Waals surface area contributed by atoms with Gasteiger partial charge in [0.15, 0.2) is 0 Å². The quantitative estimate of drug-likeness (QED) is 0.348. The van der Waals surface area contributed by atoms with Crippen LogP contribution >= 0.6 is 0 Å². The first-order valence-corrected chi connectivity index (χ1v) is 10.3. The van der Waals surface area contributed by atoms with Crippen LogP contribution in [0.1, 0.15) is 72.1 Å². The molecule has 1 aromatic rings. The number of nitrogens with zero attached hydrogens (tertiary/aromatic N) is 1. The Hall–Kier alpha value is -2.04. The van der Waals surface area contributed by atoms with Crippen molar-refractivity contribution >= 4 is 17.3 Å². The van der Waals surface area contributed by atoms with Crippen LogP contribution in [0.2, 0.25) is 0 Å². The monoisotopic (exact) mass is 377 g/mol. The highest BCUT2D eigenvalue weighted by Crippen LogP contribution is 2.24. The fourth-order valence-electron chi connectivity index (χ4n) is 3.04. The van der Waals surface area contributed by atoms with Gasteiger partial charge in [-0.1, -0.05) is 52.4 Å². The average Bonchev–Trinajstić information content (AvgIpc) is 2.60. The van der Waals surface area contributed by atoms with Crippen molar-refractivity contribution in [2.24, 2.45) is 5.73 Å². The molecule has 0 unspecified atom stereocenters. The van der Waals surface area contributed by atoms with Crippen molar-refractivity contribution in [2.75, 3.05) is 23.3 Å². The van der Waals surface area contributed by atoms with Gasteiger partial charge in [-0.25, -0.2) is 4.39 Å². The summed E-state index contributed by atoms with van der Waals surface area (Å²) in [5, 5.41) is 2.65. The minimum absolute atomic E-state index is 0.299. The summed E-state index contributed by atoms with van der Waals surface area (Å²) in [5.74, 6) is -0.648. The van der Waals surface area contributed by atoms with E-state index in [4.69, 9.17) is 5.73 Å². The lowest BCUT2D eigenvalue weighted by atomic mass is 10.1. The molecule has 0 radical (unpaired) electrons. The molecule has 0 saturated carbocycles. The Kier molecular flexibility index (Phi) is 11.2. The van der Waals surface area contributed by atoms with Crippen LogP contribution in [-0.2, 0) is 4.79 Å². The van der Waals surface area contributed by atoms with E-state index >= 15 is 0 Å². The Labute approximate surface area is 164 Å². The number of nitrogens with two attached hydrogens (primary N) is 1. The fourth-order valence-corrected chi connectivity index (χ4v) is 3.04. The van der Waals surface area contributed by atoms with Crippen molar-refractivity contribution in [3.05, 3.63) is 35.8 Å². The zero-order valence-electron chi connectivity index (χ0n) is 17.2. The fraction of sp³-hybridized carbons (Fsp3) is 0.591. The number of hydrogen-bond donors (Lipinski definition) is 2. The van der Waals surface area contributed by atoms with Gasteiger partial charge in [0.1, 0.15) is 5.82 Å². The maximum Gasteiger partial charge on any atom is 0.250 e. The van der Waals surface area contributed by atoms with Crippen LogP contribution in [0.25, 0.3) is 0 Å². The minimum atomic E-state index is -0.349. The Morgan fingerprint density at radius 1 is 1.07 bits per heavy atom. The first-order chi connectivity index (χ1) is 13.0. The summed E-state index contributed by atoms with van der Waals surface area (Å²) in [6.45, 7) is 7.75. The molecule has 0 bridgehead atoms. The lowest BCUT2D eigenvalue weighted by Crippen LogP contribution is -2.26. The summed E-state index contributed by atoms with van der Waals surface area (Å²) in [7, 11) is 0. The van der Waals surface area contributed by atoms with E-state index < -0.39 is 0 Å². The summed E-state index contributed by atoms with van der Waals surface area (Å²) in [5.41, 5.74) is 6.97. The van der Waals surface area contributed by atoms with E-state index in [1.807, 2.05) is 0 Å². The van der Waals surface area contributed by atoms with E-state index in [9.17, 15) is 9.18 Å². The lowest BCUT2D eigenvalue weighted by Gasteiger charge is -2.26. The van der Waals surface area contributed by atoms with Gasteiger partial charge in [0, 0.05) is 30.5 Å². The average molecular weight is 378 g/mol. The second-order valence-electron chi connectivity index (χ2n) is 7.15. The Morgan fingerprint density at radius 3 is 2.15 bits per heavy atom. The van der Waals surface area contributed by atoms with Crippen molar-refractivity contribution in [3.8, 4) is 0 Å². The Bertz CT molecular complexity index is 585. The molecule has 0 atom stereocenters. The van der Waals surface area contributed by atoms with Crippen LogP contribution in [-0.4, -0.2) is 19.0 Å². The van der Waals surface area contributed by atoms with Gasteiger partial charge in [0.05, 0.1) is 5.69 Å². The van der Waals surface area contributed by atoms with Crippen LogP contribution in [0.4, 0.5) is 15.8 Å². The number of benzene rings is 1. The number of nitrogens with one attached hydrogen (secondary N) is 1. The van der Waals surface area contributed by atoms with Crippen LogP contribution in [0.3, 0.4) is 0 Å².